The van der Waals surface area contributed by atoms with E-state index in [9.17, 15) is 4.79 Å². The topological polar surface area (TPSA) is 32.3 Å². The van der Waals surface area contributed by atoms with E-state index >= 15 is 0 Å². The van der Waals surface area contributed by atoms with Crippen LogP contribution in [-0.2, 0) is 0 Å². The molecule has 4 heteroatoms. The Labute approximate surface area is 64.6 Å². The minimum atomic E-state index is 0.0202. The second-order valence-corrected chi connectivity index (χ2v) is 2.95. The Morgan fingerprint density at radius 1 is 1.90 bits per heavy atom. The first-order chi connectivity index (χ1) is 4.84. The van der Waals surface area contributed by atoms with Gasteiger partial charge in [-0.1, -0.05) is 6.08 Å². The maximum absolute atomic E-state index is 10.8. The van der Waals surface area contributed by atoms with Crippen molar-refractivity contribution in [3.8, 4) is 0 Å². The van der Waals surface area contributed by atoms with Crippen molar-refractivity contribution in [2.24, 2.45) is 0 Å². The van der Waals surface area contributed by atoms with E-state index in [1.54, 1.807) is 10.4 Å². The minimum absolute atomic E-state index is 0.0202. The number of nitrogens with zero attached hydrogens (tertiary/aromatic N) is 1. The third-order valence-electron chi connectivity index (χ3n) is 1.17. The zero-order chi connectivity index (χ0) is 7.40. The molecule has 0 aliphatic carbocycles. The summed E-state index contributed by atoms with van der Waals surface area (Å²) < 4.78 is 1.71. The van der Waals surface area contributed by atoms with E-state index in [1.807, 2.05) is 0 Å². The number of hydrogen-bond acceptors (Lipinski definition) is 2. The van der Waals surface area contributed by atoms with Gasteiger partial charge in [0.1, 0.15) is 0 Å². The van der Waals surface area contributed by atoms with Crippen molar-refractivity contribution in [3.05, 3.63) is 12.7 Å². The molecule has 0 atom stereocenters. The molecular formula is C6H10N2OS. The van der Waals surface area contributed by atoms with Crippen molar-refractivity contribution < 1.29 is 4.79 Å². The van der Waals surface area contributed by atoms with Gasteiger partial charge in [-0.25, -0.2) is 4.79 Å². The fourth-order valence-electron chi connectivity index (χ4n) is 0.720. The molecule has 0 saturated carbocycles. The van der Waals surface area contributed by atoms with Crippen LogP contribution in [-0.4, -0.2) is 29.2 Å². The van der Waals surface area contributed by atoms with E-state index in [-0.39, 0.29) is 6.03 Å². The van der Waals surface area contributed by atoms with Gasteiger partial charge in [0.2, 0.25) is 0 Å². The summed E-state index contributed by atoms with van der Waals surface area (Å²) in [5, 5.41) is 2.71. The molecule has 3 nitrogen and oxygen atoms in total. The highest BCUT2D eigenvalue weighted by molar-refractivity contribution is 7.97. The number of carbonyl (C=O) groups is 1. The lowest BCUT2D eigenvalue weighted by molar-refractivity contribution is 0.238. The molecule has 1 saturated heterocycles. The van der Waals surface area contributed by atoms with Gasteiger partial charge in [0, 0.05) is 12.3 Å². The van der Waals surface area contributed by atoms with Crippen LogP contribution in [0.25, 0.3) is 0 Å². The number of hydrogen-bond donors (Lipinski definition) is 1. The maximum Gasteiger partial charge on any atom is 0.327 e. The number of nitrogens with one attached hydrogen (secondary N) is 1. The lowest BCUT2D eigenvalue weighted by atomic mass is 10.7. The highest BCUT2D eigenvalue weighted by atomic mass is 32.2. The van der Waals surface area contributed by atoms with Gasteiger partial charge in [-0.3, -0.25) is 4.31 Å². The highest BCUT2D eigenvalue weighted by Crippen LogP contribution is 2.11. The van der Waals surface area contributed by atoms with Crippen LogP contribution < -0.4 is 5.32 Å². The number of urea groups is 1. The summed E-state index contributed by atoms with van der Waals surface area (Å²) in [6, 6.07) is 0.0202. The van der Waals surface area contributed by atoms with Crippen LogP contribution in [0.15, 0.2) is 12.7 Å². The standard InChI is InChI=1S/C6H10N2OS/c1-2-5-10-8-4-3-7-6(8)9/h2H,1,3-5H2,(H,7,9). The van der Waals surface area contributed by atoms with E-state index in [0.717, 1.165) is 18.8 Å². The Bertz CT molecular complexity index is 149. The predicted molar refractivity (Wildman–Crippen MR) is 42.8 cm³/mol. The fraction of sp³-hybridized carbons (Fsp3) is 0.500. The van der Waals surface area contributed by atoms with Gasteiger partial charge in [-0.2, -0.15) is 0 Å². The largest absolute Gasteiger partial charge is 0.335 e. The first kappa shape index (κ1) is 7.47. The molecule has 0 bridgehead atoms. The Hall–Kier alpha value is -0.640. The highest BCUT2D eigenvalue weighted by Gasteiger charge is 2.18. The SMILES string of the molecule is C=CCSN1CCNC1=O. The van der Waals surface area contributed by atoms with Crippen LogP contribution in [0.5, 0.6) is 0 Å². The summed E-state index contributed by atoms with van der Waals surface area (Å²) in [6.07, 6.45) is 1.79. The van der Waals surface area contributed by atoms with Crippen molar-refractivity contribution in [3.63, 3.8) is 0 Å². The molecule has 1 fully saturated rings. The van der Waals surface area contributed by atoms with Crippen LogP contribution >= 0.6 is 11.9 Å². The van der Waals surface area contributed by atoms with Gasteiger partial charge in [0.15, 0.2) is 0 Å². The van der Waals surface area contributed by atoms with Crippen molar-refractivity contribution in [2.75, 3.05) is 18.8 Å². The van der Waals surface area contributed by atoms with Crippen molar-refractivity contribution in [2.45, 2.75) is 0 Å². The zero-order valence-corrected chi connectivity index (χ0v) is 6.49. The molecule has 0 spiro atoms. The second-order valence-electron chi connectivity index (χ2n) is 1.92. The van der Waals surface area contributed by atoms with E-state index in [0.29, 0.717) is 0 Å². The Kier molecular flexibility index (Phi) is 2.62. The third-order valence-corrected chi connectivity index (χ3v) is 2.21. The average Bonchev–Trinajstić information content (AvgIpc) is 2.31. The van der Waals surface area contributed by atoms with Gasteiger partial charge >= 0.3 is 6.03 Å². The summed E-state index contributed by atoms with van der Waals surface area (Å²) in [5.41, 5.74) is 0. The van der Waals surface area contributed by atoms with Gasteiger partial charge in [-0.15, -0.1) is 6.58 Å². The molecule has 56 valence electrons. The molecule has 1 aliphatic rings. The second kappa shape index (κ2) is 3.51. The first-order valence-corrected chi connectivity index (χ1v) is 4.08. The molecule has 0 aromatic heterocycles. The maximum atomic E-state index is 10.8. The Morgan fingerprint density at radius 2 is 2.70 bits per heavy atom. The molecule has 0 aromatic rings. The number of carbonyl (C=O) groups excluding carboxylic acids is 1. The molecular weight excluding hydrogens is 148 g/mol. The van der Waals surface area contributed by atoms with Crippen LogP contribution in [0.2, 0.25) is 0 Å². The first-order valence-electron chi connectivity index (χ1n) is 3.14. The Balaban J connectivity index is 2.26. The van der Waals surface area contributed by atoms with Crippen LogP contribution in [0.3, 0.4) is 0 Å². The molecule has 1 heterocycles. The third kappa shape index (κ3) is 1.67. The van der Waals surface area contributed by atoms with Gasteiger partial charge < -0.3 is 5.32 Å². The van der Waals surface area contributed by atoms with Crippen LogP contribution in [0, 0.1) is 0 Å². The molecule has 1 aliphatic heterocycles. The summed E-state index contributed by atoms with van der Waals surface area (Å²) in [6.45, 7) is 5.14. The molecule has 0 unspecified atom stereocenters. The molecule has 0 aromatic carbocycles. The monoisotopic (exact) mass is 158 g/mol. The van der Waals surface area contributed by atoms with E-state index in [1.165, 1.54) is 11.9 Å². The minimum Gasteiger partial charge on any atom is -0.335 e. The average molecular weight is 158 g/mol. The van der Waals surface area contributed by atoms with E-state index in [4.69, 9.17) is 0 Å². The summed E-state index contributed by atoms with van der Waals surface area (Å²) >= 11 is 1.50. The normalized spacial score (nSPS) is 17.2. The van der Waals surface area contributed by atoms with Crippen molar-refractivity contribution >= 4 is 18.0 Å². The Morgan fingerprint density at radius 3 is 3.20 bits per heavy atom. The summed E-state index contributed by atoms with van der Waals surface area (Å²) in [5.74, 6) is 0.799. The van der Waals surface area contributed by atoms with Crippen LogP contribution in [0.4, 0.5) is 4.79 Å². The molecule has 2 amide bonds. The zero-order valence-electron chi connectivity index (χ0n) is 5.67. The molecule has 1 rings (SSSR count). The lowest BCUT2D eigenvalue weighted by Gasteiger charge is -2.09. The molecule has 0 radical (unpaired) electrons. The molecule has 1 N–H and O–H groups in total. The quantitative estimate of drug-likeness (QED) is 0.487. The predicted octanol–water partition coefficient (Wildman–Crippen LogP) is 0.846. The van der Waals surface area contributed by atoms with Gasteiger partial charge in [0.05, 0.1) is 6.54 Å². The van der Waals surface area contributed by atoms with Gasteiger partial charge in [-0.05, 0) is 11.9 Å². The van der Waals surface area contributed by atoms with E-state index < -0.39 is 0 Å². The smallest absolute Gasteiger partial charge is 0.327 e. The number of amides is 2. The lowest BCUT2D eigenvalue weighted by Crippen LogP contribution is -2.21. The number of rotatable bonds is 3. The van der Waals surface area contributed by atoms with Crippen molar-refractivity contribution in [1.82, 2.24) is 9.62 Å². The van der Waals surface area contributed by atoms with Gasteiger partial charge in [0.25, 0.3) is 0 Å². The van der Waals surface area contributed by atoms with E-state index in [2.05, 4.69) is 11.9 Å². The summed E-state index contributed by atoms with van der Waals surface area (Å²) in [4.78, 5) is 10.8. The molecule has 10 heavy (non-hydrogen) atoms. The van der Waals surface area contributed by atoms with Crippen LogP contribution in [0.1, 0.15) is 0 Å². The fourth-order valence-corrected chi connectivity index (χ4v) is 1.41. The van der Waals surface area contributed by atoms with Crippen molar-refractivity contribution in [1.29, 1.82) is 0 Å². The summed E-state index contributed by atoms with van der Waals surface area (Å²) in [7, 11) is 0.